The maximum Gasteiger partial charge on any atom is 0.337 e. The molecule has 1 heterocycles. The Morgan fingerprint density at radius 3 is 2.83 bits per heavy atom. The molecule has 0 aromatic heterocycles. The molecule has 18 heavy (non-hydrogen) atoms. The first kappa shape index (κ1) is 12.8. The van der Waals surface area contributed by atoms with Crippen molar-refractivity contribution in [2.24, 2.45) is 0 Å². The van der Waals surface area contributed by atoms with Crippen molar-refractivity contribution in [3.05, 3.63) is 30.1 Å². The van der Waals surface area contributed by atoms with E-state index in [1.54, 1.807) is 26.0 Å². The molecule has 0 saturated carbocycles. The summed E-state index contributed by atoms with van der Waals surface area (Å²) in [5.41, 5.74) is 0.681. The number of cyclic esters (lactones) is 1. The molecule has 5 heteroatoms. The van der Waals surface area contributed by atoms with Crippen LogP contribution < -0.4 is 5.32 Å². The maximum atomic E-state index is 12.9. The fraction of sp³-hybridized carbons (Fsp3) is 0.462. The first-order valence-corrected chi connectivity index (χ1v) is 5.86. The second-order valence-electron chi connectivity index (χ2n) is 4.65. The zero-order valence-electron chi connectivity index (χ0n) is 10.4. The number of anilines is 1. The third-order valence-electron chi connectivity index (χ3n) is 2.60. The summed E-state index contributed by atoms with van der Waals surface area (Å²) in [7, 11) is 0. The Labute approximate surface area is 105 Å². The number of hydrogen-bond donors (Lipinski definition) is 1. The summed E-state index contributed by atoms with van der Waals surface area (Å²) in [6.45, 7) is 3.91. The molecule has 4 nitrogen and oxygen atoms in total. The molecule has 1 aliphatic rings. The first-order chi connectivity index (χ1) is 8.46. The molecule has 1 aliphatic heterocycles. The van der Waals surface area contributed by atoms with Crippen molar-refractivity contribution in [2.75, 3.05) is 11.9 Å². The summed E-state index contributed by atoms with van der Waals surface area (Å²) in [5, 5.41) is 3.03. The number of carbonyl (C=O) groups excluding carboxylic acids is 1. The molecule has 1 atom stereocenters. The molecular formula is C13H16FNO3. The monoisotopic (exact) mass is 253 g/mol. The fourth-order valence-corrected chi connectivity index (χ4v) is 1.85. The molecule has 1 aromatic carbocycles. The number of halogens is 1. The van der Waals surface area contributed by atoms with Crippen molar-refractivity contribution in [3.8, 4) is 0 Å². The molecule has 1 N–H and O–H groups in total. The minimum absolute atomic E-state index is 0.294. The van der Waals surface area contributed by atoms with Gasteiger partial charge in [-0.2, -0.15) is 0 Å². The number of benzene rings is 1. The first-order valence-electron chi connectivity index (χ1n) is 5.86. The Balaban J connectivity index is 1.81. The third kappa shape index (κ3) is 3.20. The lowest BCUT2D eigenvalue weighted by Crippen LogP contribution is -2.23. The SMILES string of the molecule is CC1(C)OC(=O)C(CCNc2cccc(F)c2)O1. The second-order valence-corrected chi connectivity index (χ2v) is 4.65. The van der Waals surface area contributed by atoms with Crippen LogP contribution in [0.4, 0.5) is 10.1 Å². The van der Waals surface area contributed by atoms with E-state index in [0.29, 0.717) is 18.7 Å². The molecule has 0 radical (unpaired) electrons. The number of ether oxygens (including phenoxy) is 2. The third-order valence-corrected chi connectivity index (χ3v) is 2.60. The van der Waals surface area contributed by atoms with Gasteiger partial charge in [-0.1, -0.05) is 6.07 Å². The molecule has 0 amide bonds. The van der Waals surface area contributed by atoms with Gasteiger partial charge in [0.2, 0.25) is 5.79 Å². The predicted octanol–water partition coefficient (Wildman–Crippen LogP) is 2.31. The molecule has 0 bridgehead atoms. The summed E-state index contributed by atoms with van der Waals surface area (Å²) >= 11 is 0. The van der Waals surface area contributed by atoms with Crippen LogP contribution in [0.3, 0.4) is 0 Å². The van der Waals surface area contributed by atoms with Gasteiger partial charge in [-0.25, -0.2) is 9.18 Å². The van der Waals surface area contributed by atoms with Crippen LogP contribution in [0, 0.1) is 5.82 Å². The van der Waals surface area contributed by atoms with Crippen LogP contribution in [0.2, 0.25) is 0 Å². The van der Waals surface area contributed by atoms with Crippen molar-refractivity contribution in [2.45, 2.75) is 32.2 Å². The summed E-state index contributed by atoms with van der Waals surface area (Å²) in [6.07, 6.45) is -0.0697. The van der Waals surface area contributed by atoms with Gasteiger partial charge in [-0.05, 0) is 18.2 Å². The van der Waals surface area contributed by atoms with Crippen molar-refractivity contribution >= 4 is 11.7 Å². The molecule has 1 unspecified atom stereocenters. The van der Waals surface area contributed by atoms with E-state index in [9.17, 15) is 9.18 Å². The predicted molar refractivity (Wildman–Crippen MR) is 64.6 cm³/mol. The number of hydrogen-bond acceptors (Lipinski definition) is 4. The van der Waals surface area contributed by atoms with E-state index >= 15 is 0 Å². The molecular weight excluding hydrogens is 237 g/mol. The zero-order chi connectivity index (χ0) is 13.2. The average molecular weight is 253 g/mol. The molecule has 0 spiro atoms. The summed E-state index contributed by atoms with van der Waals surface area (Å²) in [6, 6.07) is 6.17. The Hall–Kier alpha value is -1.62. The quantitative estimate of drug-likeness (QED) is 0.836. The summed E-state index contributed by atoms with van der Waals surface area (Å²) in [4.78, 5) is 11.5. The van der Waals surface area contributed by atoms with Gasteiger partial charge in [-0.3, -0.25) is 0 Å². The summed E-state index contributed by atoms with van der Waals surface area (Å²) in [5.74, 6) is -1.49. The van der Waals surface area contributed by atoms with Crippen molar-refractivity contribution < 1.29 is 18.7 Å². The largest absolute Gasteiger partial charge is 0.432 e. The van der Waals surface area contributed by atoms with Crippen LogP contribution in [0.5, 0.6) is 0 Å². The standard InChI is InChI=1S/C13H16FNO3/c1-13(2)17-11(12(16)18-13)6-7-15-10-5-3-4-9(14)8-10/h3-5,8,11,15H,6-7H2,1-2H3. The van der Waals surface area contributed by atoms with E-state index in [4.69, 9.17) is 9.47 Å². The van der Waals surface area contributed by atoms with Crippen molar-refractivity contribution in [1.82, 2.24) is 0 Å². The highest BCUT2D eigenvalue weighted by atomic mass is 19.1. The van der Waals surface area contributed by atoms with Gasteiger partial charge in [0.15, 0.2) is 6.10 Å². The van der Waals surface area contributed by atoms with E-state index < -0.39 is 11.9 Å². The van der Waals surface area contributed by atoms with Crippen LogP contribution in [0.1, 0.15) is 20.3 Å². The van der Waals surface area contributed by atoms with Gasteiger partial charge < -0.3 is 14.8 Å². The molecule has 2 rings (SSSR count). The molecule has 98 valence electrons. The van der Waals surface area contributed by atoms with Crippen molar-refractivity contribution in [1.29, 1.82) is 0 Å². The normalized spacial score (nSPS) is 21.7. The van der Waals surface area contributed by atoms with E-state index in [-0.39, 0.29) is 11.8 Å². The van der Waals surface area contributed by atoms with E-state index in [0.717, 1.165) is 0 Å². The van der Waals surface area contributed by atoms with E-state index in [1.807, 2.05) is 0 Å². The number of rotatable bonds is 4. The lowest BCUT2D eigenvalue weighted by molar-refractivity contribution is -0.160. The van der Waals surface area contributed by atoms with Gasteiger partial charge in [0.05, 0.1) is 0 Å². The Morgan fingerprint density at radius 1 is 1.44 bits per heavy atom. The van der Waals surface area contributed by atoms with Gasteiger partial charge in [0, 0.05) is 32.5 Å². The summed E-state index contributed by atoms with van der Waals surface area (Å²) < 4.78 is 23.4. The number of carbonyl (C=O) groups is 1. The highest BCUT2D eigenvalue weighted by Crippen LogP contribution is 2.25. The van der Waals surface area contributed by atoms with Crippen LogP contribution in [-0.2, 0) is 14.3 Å². The lowest BCUT2D eigenvalue weighted by Gasteiger charge is -2.15. The van der Waals surface area contributed by atoms with Crippen LogP contribution in [-0.4, -0.2) is 24.4 Å². The minimum atomic E-state index is -0.847. The molecule has 0 aliphatic carbocycles. The second kappa shape index (κ2) is 4.94. The Morgan fingerprint density at radius 2 is 2.22 bits per heavy atom. The molecule has 1 fully saturated rings. The number of esters is 1. The fourth-order valence-electron chi connectivity index (χ4n) is 1.85. The Bertz CT molecular complexity index is 448. The van der Waals surface area contributed by atoms with Crippen molar-refractivity contribution in [3.63, 3.8) is 0 Å². The van der Waals surface area contributed by atoms with E-state index in [1.165, 1.54) is 12.1 Å². The van der Waals surface area contributed by atoms with Crippen LogP contribution in [0.15, 0.2) is 24.3 Å². The zero-order valence-corrected chi connectivity index (χ0v) is 10.4. The maximum absolute atomic E-state index is 12.9. The topological polar surface area (TPSA) is 47.6 Å². The van der Waals surface area contributed by atoms with Gasteiger partial charge in [0.1, 0.15) is 5.82 Å². The highest BCUT2D eigenvalue weighted by molar-refractivity contribution is 5.76. The van der Waals surface area contributed by atoms with Gasteiger partial charge in [-0.15, -0.1) is 0 Å². The van der Waals surface area contributed by atoms with Crippen LogP contribution >= 0.6 is 0 Å². The van der Waals surface area contributed by atoms with E-state index in [2.05, 4.69) is 5.32 Å². The molecule has 1 saturated heterocycles. The van der Waals surface area contributed by atoms with Gasteiger partial charge >= 0.3 is 5.97 Å². The average Bonchev–Trinajstić information content (AvgIpc) is 2.52. The minimum Gasteiger partial charge on any atom is -0.432 e. The van der Waals surface area contributed by atoms with Crippen LogP contribution in [0.25, 0.3) is 0 Å². The van der Waals surface area contributed by atoms with Gasteiger partial charge in [0.25, 0.3) is 0 Å². The number of nitrogens with one attached hydrogen (secondary N) is 1. The lowest BCUT2D eigenvalue weighted by atomic mass is 10.2. The smallest absolute Gasteiger partial charge is 0.337 e. The molecule has 1 aromatic rings. The highest BCUT2D eigenvalue weighted by Gasteiger charge is 2.40. The Kier molecular flexibility index (Phi) is 3.52.